The van der Waals surface area contributed by atoms with Crippen molar-refractivity contribution in [2.45, 2.75) is 39.7 Å². The van der Waals surface area contributed by atoms with Gasteiger partial charge in [0.1, 0.15) is 0 Å². The SMILES string of the molecule is CCCCc1ccc(Cn2cc(C)c(=O)[nH]c2=O)cc1. The summed E-state index contributed by atoms with van der Waals surface area (Å²) < 4.78 is 1.53. The number of benzene rings is 1. The van der Waals surface area contributed by atoms with Crippen molar-refractivity contribution in [3.8, 4) is 0 Å². The molecule has 4 nitrogen and oxygen atoms in total. The number of hydrogen-bond acceptors (Lipinski definition) is 2. The predicted octanol–water partition coefficient (Wildman–Crippen LogP) is 2.24. The molecule has 0 aliphatic carbocycles. The van der Waals surface area contributed by atoms with Crippen LogP contribution in [-0.2, 0) is 13.0 Å². The zero-order valence-electron chi connectivity index (χ0n) is 12.0. The third-order valence-corrected chi connectivity index (χ3v) is 3.38. The molecule has 0 bridgehead atoms. The van der Waals surface area contributed by atoms with Crippen molar-refractivity contribution >= 4 is 0 Å². The number of H-pyrrole nitrogens is 1. The Morgan fingerprint density at radius 2 is 1.75 bits per heavy atom. The molecule has 0 aliphatic heterocycles. The highest BCUT2D eigenvalue weighted by atomic mass is 16.2. The number of aromatic amines is 1. The molecule has 0 spiro atoms. The third kappa shape index (κ3) is 3.47. The van der Waals surface area contributed by atoms with E-state index in [0.717, 1.165) is 12.0 Å². The van der Waals surface area contributed by atoms with Gasteiger partial charge in [-0.15, -0.1) is 0 Å². The zero-order chi connectivity index (χ0) is 14.5. The molecule has 1 N–H and O–H groups in total. The predicted molar refractivity (Wildman–Crippen MR) is 80.2 cm³/mol. The lowest BCUT2D eigenvalue weighted by Crippen LogP contribution is -2.31. The van der Waals surface area contributed by atoms with Crippen LogP contribution in [0.1, 0.15) is 36.5 Å². The lowest BCUT2D eigenvalue weighted by molar-refractivity contribution is 0.713. The van der Waals surface area contributed by atoms with E-state index in [1.165, 1.54) is 23.0 Å². The molecular weight excluding hydrogens is 252 g/mol. The molecule has 0 amide bonds. The number of nitrogens with one attached hydrogen (secondary N) is 1. The fraction of sp³-hybridized carbons (Fsp3) is 0.375. The molecule has 20 heavy (non-hydrogen) atoms. The molecule has 2 aromatic rings. The molecule has 0 saturated carbocycles. The van der Waals surface area contributed by atoms with E-state index in [9.17, 15) is 9.59 Å². The monoisotopic (exact) mass is 272 g/mol. The summed E-state index contributed by atoms with van der Waals surface area (Å²) in [7, 11) is 0. The molecule has 2 rings (SSSR count). The van der Waals surface area contributed by atoms with Gasteiger partial charge in [0.05, 0.1) is 6.54 Å². The van der Waals surface area contributed by atoms with Crippen molar-refractivity contribution in [1.29, 1.82) is 0 Å². The largest absolute Gasteiger partial charge is 0.328 e. The smallest absolute Gasteiger partial charge is 0.296 e. The van der Waals surface area contributed by atoms with Gasteiger partial charge in [-0.05, 0) is 30.9 Å². The van der Waals surface area contributed by atoms with Crippen molar-refractivity contribution in [3.05, 3.63) is 68.0 Å². The van der Waals surface area contributed by atoms with Crippen molar-refractivity contribution < 1.29 is 0 Å². The van der Waals surface area contributed by atoms with E-state index in [-0.39, 0.29) is 11.2 Å². The first-order valence-electron chi connectivity index (χ1n) is 6.98. The van der Waals surface area contributed by atoms with E-state index >= 15 is 0 Å². The molecular formula is C16H20N2O2. The van der Waals surface area contributed by atoms with E-state index in [2.05, 4.69) is 24.0 Å². The number of nitrogens with zero attached hydrogens (tertiary/aromatic N) is 1. The molecule has 0 unspecified atom stereocenters. The first-order valence-corrected chi connectivity index (χ1v) is 6.98. The highest BCUT2D eigenvalue weighted by Crippen LogP contribution is 2.08. The molecule has 0 fully saturated rings. The topological polar surface area (TPSA) is 54.9 Å². The molecule has 1 heterocycles. The fourth-order valence-corrected chi connectivity index (χ4v) is 2.12. The Labute approximate surface area is 118 Å². The average molecular weight is 272 g/mol. The van der Waals surface area contributed by atoms with Crippen molar-refractivity contribution in [2.24, 2.45) is 0 Å². The average Bonchev–Trinajstić information content (AvgIpc) is 2.44. The van der Waals surface area contributed by atoms with Crippen LogP contribution in [0.2, 0.25) is 0 Å². The summed E-state index contributed by atoms with van der Waals surface area (Å²) in [6.45, 7) is 4.35. The molecule has 0 radical (unpaired) electrons. The van der Waals surface area contributed by atoms with Crippen LogP contribution >= 0.6 is 0 Å². The molecule has 1 aromatic carbocycles. The van der Waals surface area contributed by atoms with E-state index in [1.54, 1.807) is 13.1 Å². The molecule has 1 aromatic heterocycles. The number of aryl methyl sites for hydroxylation is 2. The Hall–Kier alpha value is -2.10. The van der Waals surface area contributed by atoms with Gasteiger partial charge in [-0.1, -0.05) is 37.6 Å². The minimum Gasteiger partial charge on any atom is -0.296 e. The highest BCUT2D eigenvalue weighted by Gasteiger charge is 2.02. The van der Waals surface area contributed by atoms with Crippen LogP contribution in [0.5, 0.6) is 0 Å². The van der Waals surface area contributed by atoms with Crippen molar-refractivity contribution in [2.75, 3.05) is 0 Å². The van der Waals surface area contributed by atoms with Crippen LogP contribution < -0.4 is 11.2 Å². The lowest BCUT2D eigenvalue weighted by atomic mass is 10.1. The normalized spacial score (nSPS) is 10.7. The first-order chi connectivity index (χ1) is 9.60. The number of rotatable bonds is 5. The maximum Gasteiger partial charge on any atom is 0.328 e. The highest BCUT2D eigenvalue weighted by molar-refractivity contribution is 5.23. The van der Waals surface area contributed by atoms with E-state index in [1.807, 2.05) is 12.1 Å². The van der Waals surface area contributed by atoms with Crippen LogP contribution in [0.25, 0.3) is 0 Å². The van der Waals surface area contributed by atoms with E-state index < -0.39 is 0 Å². The van der Waals surface area contributed by atoms with Crippen LogP contribution in [0.3, 0.4) is 0 Å². The van der Waals surface area contributed by atoms with Gasteiger partial charge in [-0.25, -0.2) is 4.79 Å². The molecule has 4 heteroatoms. The minimum atomic E-state index is -0.365. The second kappa shape index (κ2) is 6.37. The van der Waals surface area contributed by atoms with Crippen LogP contribution in [0.4, 0.5) is 0 Å². The summed E-state index contributed by atoms with van der Waals surface area (Å²) in [5.41, 5.74) is 2.24. The second-order valence-electron chi connectivity index (χ2n) is 5.12. The van der Waals surface area contributed by atoms with Crippen LogP contribution in [0.15, 0.2) is 40.1 Å². The summed E-state index contributed by atoms with van der Waals surface area (Å²) in [5, 5.41) is 0. The maximum atomic E-state index is 11.7. The molecule has 106 valence electrons. The van der Waals surface area contributed by atoms with Crippen LogP contribution in [-0.4, -0.2) is 9.55 Å². The van der Waals surface area contributed by atoms with Gasteiger partial charge in [0.15, 0.2) is 0 Å². The van der Waals surface area contributed by atoms with E-state index in [0.29, 0.717) is 12.1 Å². The molecule has 0 atom stereocenters. The summed E-state index contributed by atoms with van der Waals surface area (Å²) in [4.78, 5) is 25.4. The number of aromatic nitrogens is 2. The van der Waals surface area contributed by atoms with E-state index in [4.69, 9.17) is 0 Å². The Bertz CT molecular complexity index is 681. The second-order valence-corrected chi connectivity index (χ2v) is 5.12. The Balaban J connectivity index is 2.16. The first kappa shape index (κ1) is 14.3. The lowest BCUT2D eigenvalue weighted by Gasteiger charge is -2.07. The van der Waals surface area contributed by atoms with Gasteiger partial charge in [0.25, 0.3) is 5.56 Å². The van der Waals surface area contributed by atoms with Gasteiger partial charge in [0.2, 0.25) is 0 Å². The molecule has 0 saturated heterocycles. The Morgan fingerprint density at radius 1 is 1.10 bits per heavy atom. The fourth-order valence-electron chi connectivity index (χ4n) is 2.12. The Kier molecular flexibility index (Phi) is 4.56. The van der Waals surface area contributed by atoms with Crippen molar-refractivity contribution in [1.82, 2.24) is 9.55 Å². The van der Waals surface area contributed by atoms with Crippen LogP contribution in [0, 0.1) is 6.92 Å². The zero-order valence-corrected chi connectivity index (χ0v) is 12.0. The van der Waals surface area contributed by atoms with Gasteiger partial charge in [0, 0.05) is 11.8 Å². The van der Waals surface area contributed by atoms with Gasteiger partial charge in [-0.3, -0.25) is 14.3 Å². The molecule has 0 aliphatic rings. The Morgan fingerprint density at radius 3 is 2.40 bits per heavy atom. The van der Waals surface area contributed by atoms with Crippen molar-refractivity contribution in [3.63, 3.8) is 0 Å². The summed E-state index contributed by atoms with van der Waals surface area (Å²) in [6.07, 6.45) is 5.08. The van der Waals surface area contributed by atoms with Gasteiger partial charge in [-0.2, -0.15) is 0 Å². The number of unbranched alkanes of at least 4 members (excludes halogenated alkanes) is 1. The minimum absolute atomic E-state index is 0.318. The summed E-state index contributed by atoms with van der Waals surface area (Å²) in [6, 6.07) is 8.29. The maximum absolute atomic E-state index is 11.7. The van der Waals surface area contributed by atoms with Gasteiger partial charge >= 0.3 is 5.69 Å². The van der Waals surface area contributed by atoms with Gasteiger partial charge < -0.3 is 0 Å². The summed E-state index contributed by atoms with van der Waals surface area (Å²) in [5.74, 6) is 0. The standard InChI is InChI=1S/C16H20N2O2/c1-3-4-5-13-6-8-14(9-7-13)11-18-10-12(2)15(19)17-16(18)20/h6-10H,3-5,11H2,1-2H3,(H,17,19,20). The summed E-state index contributed by atoms with van der Waals surface area (Å²) >= 11 is 0. The quantitative estimate of drug-likeness (QED) is 0.907. The third-order valence-electron chi connectivity index (χ3n) is 3.38. The number of hydrogen-bond donors (Lipinski definition) is 1.